The Hall–Kier alpha value is -2.04. The van der Waals surface area contributed by atoms with Gasteiger partial charge in [0.05, 0.1) is 40.0 Å². The second kappa shape index (κ2) is 9.68. The Labute approximate surface area is 201 Å². The number of fused-ring (bicyclic) bond motifs is 1. The fourth-order valence-electron chi connectivity index (χ4n) is 4.94. The Morgan fingerprint density at radius 3 is 2.52 bits per heavy atom. The van der Waals surface area contributed by atoms with Gasteiger partial charge in [-0.05, 0) is 38.5 Å². The van der Waals surface area contributed by atoms with Crippen LogP contribution in [-0.2, 0) is 17.2 Å². The summed E-state index contributed by atoms with van der Waals surface area (Å²) in [5.74, 6) is 2.72. The van der Waals surface area contributed by atoms with Crippen LogP contribution in [0.2, 0.25) is 5.02 Å². The summed E-state index contributed by atoms with van der Waals surface area (Å²) >= 11 is 5.91. The number of hydrogen-bond donors (Lipinski definition) is 2. The van der Waals surface area contributed by atoms with Crippen molar-refractivity contribution >= 4 is 40.1 Å². The van der Waals surface area contributed by atoms with E-state index in [2.05, 4.69) is 25.1 Å². The maximum absolute atomic E-state index is 12.7. The first-order chi connectivity index (χ1) is 16.0. The number of aromatic nitrogens is 4. The molecule has 0 unspecified atom stereocenters. The van der Waals surface area contributed by atoms with Crippen LogP contribution in [-0.4, -0.2) is 73.3 Å². The standard InChI is InChI=1S/C22H30ClN7O2S/c1-29(16-6-9-30(10-7-16)21-24-12-14(23)13-25-21)22-27-18-8-11-33(32)19(18)20(28-22)26-15-2-4-17(31)5-3-15/h12-13,15-17,31H,2-11H2,1H3,(H,26,27,28)/t15?,17?,33-/m1/s1. The molecule has 2 aliphatic heterocycles. The minimum Gasteiger partial charge on any atom is -0.393 e. The van der Waals surface area contributed by atoms with Crippen LogP contribution >= 0.6 is 11.6 Å². The number of nitrogens with zero attached hydrogens (tertiary/aromatic N) is 6. The van der Waals surface area contributed by atoms with Crippen molar-refractivity contribution < 1.29 is 9.32 Å². The lowest BCUT2D eigenvalue weighted by atomic mass is 9.93. The normalized spacial score (nSPS) is 25.7. The predicted octanol–water partition coefficient (Wildman–Crippen LogP) is 2.40. The molecule has 0 amide bonds. The maximum Gasteiger partial charge on any atom is 0.227 e. The summed E-state index contributed by atoms with van der Waals surface area (Å²) in [5, 5.41) is 13.9. The number of halogens is 1. The van der Waals surface area contributed by atoms with Crippen molar-refractivity contribution in [2.75, 3.05) is 41.0 Å². The molecule has 0 radical (unpaired) electrons. The van der Waals surface area contributed by atoms with Crippen LogP contribution in [0.25, 0.3) is 0 Å². The van der Waals surface area contributed by atoms with Crippen LogP contribution in [0, 0.1) is 0 Å². The summed E-state index contributed by atoms with van der Waals surface area (Å²) in [4.78, 5) is 23.5. The zero-order valence-electron chi connectivity index (χ0n) is 18.8. The van der Waals surface area contributed by atoms with Crippen LogP contribution in [0.3, 0.4) is 0 Å². The first-order valence-electron chi connectivity index (χ1n) is 11.7. The number of piperidine rings is 1. The van der Waals surface area contributed by atoms with E-state index in [1.807, 2.05) is 7.05 Å². The molecule has 1 saturated heterocycles. The van der Waals surface area contributed by atoms with Gasteiger partial charge >= 0.3 is 0 Å². The molecule has 3 aliphatic rings. The molecule has 2 aromatic heterocycles. The van der Waals surface area contributed by atoms with Crippen molar-refractivity contribution in [3.8, 4) is 0 Å². The van der Waals surface area contributed by atoms with Gasteiger partial charge in [0.15, 0.2) is 0 Å². The van der Waals surface area contributed by atoms with Crippen molar-refractivity contribution in [1.29, 1.82) is 0 Å². The highest BCUT2D eigenvalue weighted by Crippen LogP contribution is 2.33. The van der Waals surface area contributed by atoms with Crippen LogP contribution in [0.1, 0.15) is 44.2 Å². The molecule has 33 heavy (non-hydrogen) atoms. The lowest BCUT2D eigenvalue weighted by molar-refractivity contribution is 0.126. The first-order valence-corrected chi connectivity index (χ1v) is 13.4. The number of rotatable bonds is 5. The number of aryl methyl sites for hydroxylation is 1. The fourth-order valence-corrected chi connectivity index (χ4v) is 6.35. The maximum atomic E-state index is 12.7. The predicted molar refractivity (Wildman–Crippen MR) is 130 cm³/mol. The van der Waals surface area contributed by atoms with E-state index in [0.29, 0.717) is 34.5 Å². The summed E-state index contributed by atoms with van der Waals surface area (Å²) in [6, 6.07) is 0.543. The number of nitrogens with one attached hydrogen (secondary N) is 1. The van der Waals surface area contributed by atoms with Gasteiger partial charge < -0.3 is 20.2 Å². The van der Waals surface area contributed by atoms with Crippen molar-refractivity contribution in [2.45, 2.75) is 68.0 Å². The molecule has 0 spiro atoms. The van der Waals surface area contributed by atoms with E-state index < -0.39 is 10.8 Å². The molecule has 2 aromatic rings. The lowest BCUT2D eigenvalue weighted by Gasteiger charge is -2.37. The summed E-state index contributed by atoms with van der Waals surface area (Å²) in [6.45, 7) is 1.70. The second-order valence-corrected chi connectivity index (χ2v) is 11.1. The van der Waals surface area contributed by atoms with Crippen molar-refractivity contribution in [3.63, 3.8) is 0 Å². The monoisotopic (exact) mass is 491 g/mol. The number of aliphatic hydroxyl groups excluding tert-OH is 1. The zero-order chi connectivity index (χ0) is 22.9. The average Bonchev–Trinajstić information content (AvgIpc) is 3.21. The molecule has 5 rings (SSSR count). The number of hydrogen-bond acceptors (Lipinski definition) is 9. The SMILES string of the molecule is CN(c1nc2c(c(NC3CCC(O)CC3)n1)[S@](=O)CC2)C1CCN(c2ncc(Cl)cn2)CC1. The fraction of sp³-hybridized carbons (Fsp3) is 0.636. The van der Waals surface area contributed by atoms with Crippen molar-refractivity contribution in [1.82, 2.24) is 19.9 Å². The molecule has 1 aliphatic carbocycles. The molecule has 2 N–H and O–H groups in total. The van der Waals surface area contributed by atoms with Crippen LogP contribution < -0.4 is 15.1 Å². The van der Waals surface area contributed by atoms with E-state index >= 15 is 0 Å². The molecule has 2 fully saturated rings. The molecular formula is C22H30ClN7O2S. The highest BCUT2D eigenvalue weighted by Gasteiger charge is 2.31. The van der Waals surface area contributed by atoms with E-state index in [1.54, 1.807) is 12.4 Å². The first kappa shape index (κ1) is 22.7. The minimum absolute atomic E-state index is 0.209. The van der Waals surface area contributed by atoms with Gasteiger partial charge in [-0.2, -0.15) is 4.98 Å². The lowest BCUT2D eigenvalue weighted by Crippen LogP contribution is -2.44. The van der Waals surface area contributed by atoms with E-state index in [0.717, 1.165) is 68.6 Å². The van der Waals surface area contributed by atoms with E-state index in [1.165, 1.54) is 0 Å². The third-order valence-corrected chi connectivity index (χ3v) is 8.59. The van der Waals surface area contributed by atoms with E-state index in [9.17, 15) is 9.32 Å². The van der Waals surface area contributed by atoms with Crippen molar-refractivity contribution in [3.05, 3.63) is 23.1 Å². The van der Waals surface area contributed by atoms with E-state index in [4.69, 9.17) is 21.6 Å². The number of aliphatic hydroxyl groups is 1. The zero-order valence-corrected chi connectivity index (χ0v) is 20.4. The van der Waals surface area contributed by atoms with Gasteiger partial charge in [-0.1, -0.05) is 11.6 Å². The molecule has 1 saturated carbocycles. The van der Waals surface area contributed by atoms with Crippen LogP contribution in [0.5, 0.6) is 0 Å². The molecule has 0 aromatic carbocycles. The quantitative estimate of drug-likeness (QED) is 0.651. The third kappa shape index (κ3) is 4.93. The third-order valence-electron chi connectivity index (χ3n) is 6.93. The summed E-state index contributed by atoms with van der Waals surface area (Å²) in [7, 11) is 0.989. The molecule has 4 heterocycles. The second-order valence-electron chi connectivity index (χ2n) is 9.13. The van der Waals surface area contributed by atoms with Gasteiger partial charge in [0.2, 0.25) is 11.9 Å². The molecule has 178 valence electrons. The van der Waals surface area contributed by atoms with Crippen LogP contribution in [0.4, 0.5) is 17.7 Å². The van der Waals surface area contributed by atoms with Gasteiger partial charge in [-0.25, -0.2) is 15.0 Å². The Kier molecular flexibility index (Phi) is 6.67. The molecule has 0 bridgehead atoms. The topological polar surface area (TPSA) is 107 Å². The average molecular weight is 492 g/mol. The molecule has 1 atom stereocenters. The largest absolute Gasteiger partial charge is 0.393 e. The Balaban J connectivity index is 1.30. The highest BCUT2D eigenvalue weighted by molar-refractivity contribution is 7.85. The Morgan fingerprint density at radius 2 is 1.82 bits per heavy atom. The van der Waals surface area contributed by atoms with Gasteiger partial charge in [-0.15, -0.1) is 0 Å². The van der Waals surface area contributed by atoms with Crippen LogP contribution in [0.15, 0.2) is 17.3 Å². The molecular weight excluding hydrogens is 462 g/mol. The molecule has 9 nitrogen and oxygen atoms in total. The minimum atomic E-state index is -1.06. The number of anilines is 3. The van der Waals surface area contributed by atoms with Gasteiger partial charge in [0.25, 0.3) is 0 Å². The summed E-state index contributed by atoms with van der Waals surface area (Å²) in [5.41, 5.74) is 0.899. The van der Waals surface area contributed by atoms with Crippen molar-refractivity contribution in [2.24, 2.45) is 0 Å². The summed E-state index contributed by atoms with van der Waals surface area (Å²) < 4.78 is 12.7. The van der Waals surface area contributed by atoms with Gasteiger partial charge in [0.1, 0.15) is 10.7 Å². The Bertz CT molecular complexity index is 1010. The smallest absolute Gasteiger partial charge is 0.227 e. The highest BCUT2D eigenvalue weighted by atomic mass is 35.5. The molecule has 11 heteroatoms. The van der Waals surface area contributed by atoms with E-state index in [-0.39, 0.29) is 12.1 Å². The van der Waals surface area contributed by atoms with Gasteiger partial charge in [-0.3, -0.25) is 4.21 Å². The van der Waals surface area contributed by atoms with Gasteiger partial charge in [0, 0.05) is 44.4 Å². The summed E-state index contributed by atoms with van der Waals surface area (Å²) in [6.07, 6.45) is 9.02. The Morgan fingerprint density at radius 1 is 1.12 bits per heavy atom.